The molecule has 0 saturated carbocycles. The fourth-order valence-electron chi connectivity index (χ4n) is 3.15. The van der Waals surface area contributed by atoms with Crippen LogP contribution in [0.5, 0.6) is 11.5 Å². The van der Waals surface area contributed by atoms with Gasteiger partial charge in [-0.25, -0.2) is 0 Å². The number of hydrogen-bond acceptors (Lipinski definition) is 5. The van der Waals surface area contributed by atoms with Gasteiger partial charge in [-0.05, 0) is 55.1 Å². The molecule has 146 valence electrons. The normalized spacial score (nSPS) is 11.0. The molecule has 0 aliphatic heterocycles. The molecule has 0 saturated heterocycles. The molecule has 0 amide bonds. The Labute approximate surface area is 173 Å². The van der Waals surface area contributed by atoms with Gasteiger partial charge in [-0.3, -0.25) is 4.79 Å². The fraction of sp³-hybridized carbons (Fsp3) is 0.350. The Balaban J connectivity index is 0.00000261. The number of halogens is 1. The van der Waals surface area contributed by atoms with Crippen LogP contribution < -0.4 is 4.87 Å². The zero-order chi connectivity index (χ0) is 18.5. The topological polar surface area (TPSA) is 76.6 Å². The van der Waals surface area contributed by atoms with Crippen molar-refractivity contribution >= 4 is 38.5 Å². The van der Waals surface area contributed by atoms with Crippen LogP contribution >= 0.6 is 28.3 Å². The summed E-state index contributed by atoms with van der Waals surface area (Å²) in [5, 5.41) is 19.3. The highest BCUT2D eigenvalue weighted by atomic mass is 79.9. The minimum absolute atomic E-state index is 0. The van der Waals surface area contributed by atoms with E-state index in [4.69, 9.17) is 0 Å². The van der Waals surface area contributed by atoms with Gasteiger partial charge >= 0.3 is 4.87 Å². The first-order valence-corrected chi connectivity index (χ1v) is 9.72. The van der Waals surface area contributed by atoms with Gasteiger partial charge in [-0.15, -0.1) is 17.0 Å². The van der Waals surface area contributed by atoms with Gasteiger partial charge in [0.25, 0.3) is 0 Å². The Hall–Kier alpha value is -1.83. The van der Waals surface area contributed by atoms with Gasteiger partial charge in [0.2, 0.25) is 0 Å². The van der Waals surface area contributed by atoms with Crippen LogP contribution in [0.1, 0.15) is 24.5 Å². The van der Waals surface area contributed by atoms with Crippen molar-refractivity contribution in [1.29, 1.82) is 0 Å². The number of H-pyrrole nitrogens is 1. The summed E-state index contributed by atoms with van der Waals surface area (Å²) in [5.41, 5.74) is 2.84. The highest BCUT2D eigenvalue weighted by Crippen LogP contribution is 2.28. The third kappa shape index (κ3) is 5.57. The van der Waals surface area contributed by atoms with E-state index in [9.17, 15) is 15.0 Å². The van der Waals surface area contributed by atoms with E-state index in [2.05, 4.69) is 16.8 Å². The summed E-state index contributed by atoms with van der Waals surface area (Å²) in [4.78, 5) is 16.6. The lowest BCUT2D eigenvalue weighted by Gasteiger charge is -2.22. The molecule has 3 rings (SSSR count). The number of phenolic OH excluding ortho intramolecular Hbond substituents is 2. The molecule has 0 atom stereocenters. The van der Waals surface area contributed by atoms with Crippen molar-refractivity contribution in [3.8, 4) is 11.5 Å². The number of hydrogen-bond donors (Lipinski definition) is 3. The lowest BCUT2D eigenvalue weighted by Crippen LogP contribution is -2.29. The van der Waals surface area contributed by atoms with Crippen LogP contribution in [0, 0.1) is 0 Å². The molecular formula is C20H25BrN2O3S. The zero-order valence-electron chi connectivity index (χ0n) is 15.3. The first-order chi connectivity index (χ1) is 12.6. The van der Waals surface area contributed by atoms with Crippen molar-refractivity contribution in [3.63, 3.8) is 0 Å². The fourth-order valence-corrected chi connectivity index (χ4v) is 4.05. The SMILES string of the molecule is Br.CCCN(CCc1ccc(O)cc1)CCc1ccc(O)c2[nH]c(=O)sc12. The van der Waals surface area contributed by atoms with E-state index in [1.807, 2.05) is 18.2 Å². The summed E-state index contributed by atoms with van der Waals surface area (Å²) in [5.74, 6) is 0.417. The molecule has 7 heteroatoms. The number of thiazole rings is 1. The van der Waals surface area contributed by atoms with E-state index in [1.54, 1.807) is 18.2 Å². The Bertz CT molecular complexity index is 921. The number of rotatable bonds is 8. The third-order valence-corrected chi connectivity index (χ3v) is 5.49. The molecule has 1 aromatic heterocycles. The smallest absolute Gasteiger partial charge is 0.305 e. The molecule has 0 fully saturated rings. The summed E-state index contributed by atoms with van der Waals surface area (Å²) < 4.78 is 0.852. The van der Waals surface area contributed by atoms with Gasteiger partial charge in [0.15, 0.2) is 0 Å². The predicted molar refractivity (Wildman–Crippen MR) is 117 cm³/mol. The van der Waals surface area contributed by atoms with Crippen LogP contribution in [0.4, 0.5) is 0 Å². The Kier molecular flexibility index (Phi) is 7.89. The highest BCUT2D eigenvalue weighted by molar-refractivity contribution is 8.93. The van der Waals surface area contributed by atoms with E-state index in [1.165, 1.54) is 5.56 Å². The van der Waals surface area contributed by atoms with Crippen molar-refractivity contribution in [2.45, 2.75) is 26.2 Å². The molecule has 5 nitrogen and oxygen atoms in total. The molecule has 3 N–H and O–H groups in total. The molecular weight excluding hydrogens is 428 g/mol. The molecule has 0 spiro atoms. The Morgan fingerprint density at radius 1 is 1.00 bits per heavy atom. The van der Waals surface area contributed by atoms with Crippen LogP contribution in [0.25, 0.3) is 10.2 Å². The maximum atomic E-state index is 11.6. The second kappa shape index (κ2) is 9.92. The van der Waals surface area contributed by atoms with Crippen molar-refractivity contribution < 1.29 is 10.2 Å². The monoisotopic (exact) mass is 452 g/mol. The molecule has 3 aromatic rings. The van der Waals surface area contributed by atoms with E-state index in [0.29, 0.717) is 11.3 Å². The van der Waals surface area contributed by atoms with Crippen molar-refractivity contribution in [2.24, 2.45) is 0 Å². The van der Waals surface area contributed by atoms with Gasteiger partial charge in [0.05, 0.1) is 4.70 Å². The number of phenols is 2. The Morgan fingerprint density at radius 2 is 1.70 bits per heavy atom. The maximum absolute atomic E-state index is 11.6. The average molecular weight is 453 g/mol. The summed E-state index contributed by atoms with van der Waals surface area (Å²) in [6.07, 6.45) is 2.85. The van der Waals surface area contributed by atoms with Crippen LogP contribution in [-0.2, 0) is 12.8 Å². The van der Waals surface area contributed by atoms with Gasteiger partial charge in [0, 0.05) is 13.1 Å². The van der Waals surface area contributed by atoms with Crippen molar-refractivity contribution in [3.05, 3.63) is 57.2 Å². The number of aromatic nitrogens is 1. The minimum atomic E-state index is -0.138. The second-order valence-electron chi connectivity index (χ2n) is 6.47. The minimum Gasteiger partial charge on any atom is -0.508 e. The van der Waals surface area contributed by atoms with Crippen LogP contribution in [-0.4, -0.2) is 39.7 Å². The molecule has 2 aromatic carbocycles. The molecule has 0 aliphatic rings. The summed E-state index contributed by atoms with van der Waals surface area (Å²) in [6, 6.07) is 10.9. The molecule has 0 bridgehead atoms. The third-order valence-electron chi connectivity index (χ3n) is 4.53. The van der Waals surface area contributed by atoms with E-state index in [-0.39, 0.29) is 27.6 Å². The summed E-state index contributed by atoms with van der Waals surface area (Å²) in [7, 11) is 0. The van der Waals surface area contributed by atoms with Crippen LogP contribution in [0.2, 0.25) is 0 Å². The summed E-state index contributed by atoms with van der Waals surface area (Å²) >= 11 is 1.16. The lowest BCUT2D eigenvalue weighted by atomic mass is 10.1. The van der Waals surface area contributed by atoms with Crippen LogP contribution in [0.3, 0.4) is 0 Å². The van der Waals surface area contributed by atoms with Crippen LogP contribution in [0.15, 0.2) is 41.2 Å². The predicted octanol–water partition coefficient (Wildman–Crippen LogP) is 4.08. The van der Waals surface area contributed by atoms with E-state index in [0.717, 1.165) is 60.5 Å². The molecule has 27 heavy (non-hydrogen) atoms. The first-order valence-electron chi connectivity index (χ1n) is 8.90. The quantitative estimate of drug-likeness (QED) is 0.481. The number of nitrogens with zero attached hydrogens (tertiary/aromatic N) is 1. The van der Waals surface area contributed by atoms with Gasteiger partial charge in [-0.1, -0.05) is 36.5 Å². The maximum Gasteiger partial charge on any atom is 0.305 e. The zero-order valence-corrected chi connectivity index (χ0v) is 17.8. The molecule has 0 unspecified atom stereocenters. The number of benzene rings is 2. The van der Waals surface area contributed by atoms with Gasteiger partial charge in [-0.2, -0.15) is 0 Å². The van der Waals surface area contributed by atoms with E-state index >= 15 is 0 Å². The van der Waals surface area contributed by atoms with E-state index < -0.39 is 0 Å². The van der Waals surface area contributed by atoms with Crippen molar-refractivity contribution in [2.75, 3.05) is 19.6 Å². The number of aromatic amines is 1. The second-order valence-corrected chi connectivity index (χ2v) is 7.45. The first kappa shape index (κ1) is 21.5. The molecule has 0 aliphatic carbocycles. The number of fused-ring (bicyclic) bond motifs is 1. The van der Waals surface area contributed by atoms with Crippen molar-refractivity contribution in [1.82, 2.24) is 9.88 Å². The van der Waals surface area contributed by atoms with Gasteiger partial charge < -0.3 is 20.1 Å². The average Bonchev–Trinajstić information content (AvgIpc) is 3.03. The largest absolute Gasteiger partial charge is 0.508 e. The molecule has 0 radical (unpaired) electrons. The summed E-state index contributed by atoms with van der Waals surface area (Å²) in [6.45, 7) is 5.04. The Morgan fingerprint density at radius 3 is 2.41 bits per heavy atom. The number of aromatic hydroxyl groups is 2. The lowest BCUT2D eigenvalue weighted by molar-refractivity contribution is 0.281. The number of nitrogens with one attached hydrogen (secondary N) is 1. The highest BCUT2D eigenvalue weighted by Gasteiger charge is 2.11. The molecule has 1 heterocycles. The van der Waals surface area contributed by atoms with Gasteiger partial charge in [0.1, 0.15) is 17.0 Å². The standard InChI is InChI=1S/C20H24N2O3S.BrH/c1-2-11-22(12-9-14-3-6-16(23)7-4-14)13-10-15-5-8-17(24)18-19(15)26-20(25)21-18;/h3-8,23-24H,2,9-13H2,1H3,(H,21,25);1H.